The second kappa shape index (κ2) is 4.51. The van der Waals surface area contributed by atoms with Gasteiger partial charge in [-0.2, -0.15) is 0 Å². The first-order valence-electron chi connectivity index (χ1n) is 5.85. The number of anilines is 1. The quantitative estimate of drug-likeness (QED) is 0.772. The van der Waals surface area contributed by atoms with Crippen molar-refractivity contribution in [3.63, 3.8) is 0 Å². The molecule has 0 saturated heterocycles. The Bertz CT molecular complexity index is 744. The van der Waals surface area contributed by atoms with Crippen molar-refractivity contribution in [1.82, 2.24) is 4.98 Å². The van der Waals surface area contributed by atoms with Gasteiger partial charge < -0.3 is 4.42 Å². The molecule has 2 aromatic heterocycles. The zero-order valence-corrected chi connectivity index (χ0v) is 11.4. The number of carbonyl (C=O) groups excluding carboxylic acids is 1. The number of nitrogens with zero attached hydrogens (tertiary/aromatic N) is 1. The summed E-state index contributed by atoms with van der Waals surface area (Å²) >= 11 is 1.48. The summed E-state index contributed by atoms with van der Waals surface area (Å²) in [4.78, 5) is 16.4. The fraction of sp³-hybridized carbons (Fsp3) is 0.143. The van der Waals surface area contributed by atoms with Crippen LogP contribution in [-0.4, -0.2) is 10.9 Å². The number of nitrogens with one attached hydrogen (secondary N) is 1. The molecule has 2 heterocycles. The molecule has 3 rings (SSSR count). The minimum absolute atomic E-state index is 0.206. The maximum atomic E-state index is 11.9. The number of benzene rings is 1. The van der Waals surface area contributed by atoms with Crippen LogP contribution in [-0.2, 0) is 0 Å². The van der Waals surface area contributed by atoms with E-state index in [0.717, 1.165) is 15.8 Å². The molecule has 0 radical (unpaired) electrons. The maximum absolute atomic E-state index is 11.9. The number of fused-ring (bicyclic) bond motifs is 1. The lowest BCUT2D eigenvalue weighted by molar-refractivity contribution is 0.102. The highest BCUT2D eigenvalue weighted by Crippen LogP contribution is 2.29. The van der Waals surface area contributed by atoms with Crippen LogP contribution in [0.15, 0.2) is 35.1 Å². The lowest BCUT2D eigenvalue weighted by Crippen LogP contribution is -2.10. The van der Waals surface area contributed by atoms with Crippen LogP contribution >= 0.6 is 11.3 Å². The van der Waals surface area contributed by atoms with Gasteiger partial charge in [0.2, 0.25) is 0 Å². The molecule has 5 heteroatoms. The summed E-state index contributed by atoms with van der Waals surface area (Å²) in [5, 5.41) is 3.40. The molecule has 1 amide bonds. The predicted octanol–water partition coefficient (Wildman–Crippen LogP) is 3.76. The van der Waals surface area contributed by atoms with E-state index in [-0.39, 0.29) is 5.91 Å². The largest absolute Gasteiger partial charge is 0.472 e. The standard InChI is InChI=1S/C14H12N2O2S/c1-8-5-9(2)12-11(6-8)19-14(15-12)16-13(17)10-3-4-18-7-10/h3-7H,1-2H3,(H,15,16,17). The molecule has 1 aromatic carbocycles. The van der Waals surface area contributed by atoms with E-state index in [1.165, 1.54) is 29.4 Å². The summed E-state index contributed by atoms with van der Waals surface area (Å²) in [6, 6.07) is 5.79. The minimum Gasteiger partial charge on any atom is -0.472 e. The highest BCUT2D eigenvalue weighted by atomic mass is 32.1. The summed E-state index contributed by atoms with van der Waals surface area (Å²) in [6.07, 6.45) is 2.89. The van der Waals surface area contributed by atoms with Gasteiger partial charge in [0.1, 0.15) is 6.26 Å². The van der Waals surface area contributed by atoms with E-state index in [0.29, 0.717) is 10.7 Å². The number of thiazole rings is 1. The molecule has 3 aromatic rings. The van der Waals surface area contributed by atoms with Gasteiger partial charge in [-0.1, -0.05) is 17.4 Å². The number of aromatic nitrogens is 1. The van der Waals surface area contributed by atoms with Crippen molar-refractivity contribution in [3.05, 3.63) is 47.4 Å². The fourth-order valence-electron chi connectivity index (χ4n) is 1.99. The molecule has 96 valence electrons. The highest BCUT2D eigenvalue weighted by Gasteiger charge is 2.12. The number of amides is 1. The number of furan rings is 1. The molecule has 0 bridgehead atoms. The molecule has 0 spiro atoms. The lowest BCUT2D eigenvalue weighted by Gasteiger charge is -1.97. The van der Waals surface area contributed by atoms with Crippen molar-refractivity contribution in [2.45, 2.75) is 13.8 Å². The van der Waals surface area contributed by atoms with Gasteiger partial charge in [-0.25, -0.2) is 4.98 Å². The predicted molar refractivity (Wildman–Crippen MR) is 75.8 cm³/mol. The molecule has 0 fully saturated rings. The van der Waals surface area contributed by atoms with Gasteiger partial charge in [0, 0.05) is 0 Å². The van der Waals surface area contributed by atoms with E-state index in [4.69, 9.17) is 4.42 Å². The van der Waals surface area contributed by atoms with E-state index in [9.17, 15) is 4.79 Å². The van der Waals surface area contributed by atoms with Gasteiger partial charge in [-0.15, -0.1) is 0 Å². The Balaban J connectivity index is 1.94. The van der Waals surface area contributed by atoms with Gasteiger partial charge in [0.25, 0.3) is 5.91 Å². The number of hydrogen-bond donors (Lipinski definition) is 1. The van der Waals surface area contributed by atoms with Crippen LogP contribution in [0.3, 0.4) is 0 Å². The number of rotatable bonds is 2. The van der Waals surface area contributed by atoms with Crippen LogP contribution in [0.2, 0.25) is 0 Å². The lowest BCUT2D eigenvalue weighted by atomic mass is 10.1. The Labute approximate surface area is 114 Å². The normalized spacial score (nSPS) is 10.8. The third kappa shape index (κ3) is 2.24. The summed E-state index contributed by atoms with van der Waals surface area (Å²) < 4.78 is 5.97. The SMILES string of the molecule is Cc1cc(C)c2nc(NC(=O)c3ccoc3)sc2c1. The molecule has 0 saturated carbocycles. The van der Waals surface area contributed by atoms with E-state index in [1.54, 1.807) is 6.07 Å². The van der Waals surface area contributed by atoms with Crippen LogP contribution in [0.4, 0.5) is 5.13 Å². The van der Waals surface area contributed by atoms with E-state index >= 15 is 0 Å². The Morgan fingerprint density at radius 2 is 2.21 bits per heavy atom. The van der Waals surface area contributed by atoms with Gasteiger partial charge in [0.05, 0.1) is 22.0 Å². The zero-order chi connectivity index (χ0) is 13.4. The molecule has 0 atom stereocenters. The molecule has 0 aliphatic heterocycles. The Morgan fingerprint density at radius 1 is 1.37 bits per heavy atom. The maximum Gasteiger partial charge on any atom is 0.260 e. The molecular weight excluding hydrogens is 260 g/mol. The topological polar surface area (TPSA) is 55.1 Å². The van der Waals surface area contributed by atoms with Crippen LogP contribution in [0.1, 0.15) is 21.5 Å². The fourth-order valence-corrected chi connectivity index (χ4v) is 3.02. The summed E-state index contributed by atoms with van der Waals surface area (Å²) in [5.41, 5.74) is 3.75. The Kier molecular flexibility index (Phi) is 2.83. The van der Waals surface area contributed by atoms with Crippen molar-refractivity contribution in [2.75, 3.05) is 5.32 Å². The Hall–Kier alpha value is -2.14. The van der Waals surface area contributed by atoms with Crippen LogP contribution in [0.25, 0.3) is 10.2 Å². The number of aryl methyl sites for hydroxylation is 2. The smallest absolute Gasteiger partial charge is 0.260 e. The first kappa shape index (κ1) is 11.9. The minimum atomic E-state index is -0.206. The summed E-state index contributed by atoms with van der Waals surface area (Å²) in [6.45, 7) is 4.08. The highest BCUT2D eigenvalue weighted by molar-refractivity contribution is 7.22. The van der Waals surface area contributed by atoms with Gasteiger partial charge in [0.15, 0.2) is 5.13 Å². The third-order valence-electron chi connectivity index (χ3n) is 2.83. The molecule has 4 nitrogen and oxygen atoms in total. The average Bonchev–Trinajstić information content (AvgIpc) is 2.96. The molecular formula is C14H12N2O2S. The monoisotopic (exact) mass is 272 g/mol. The summed E-state index contributed by atoms with van der Waals surface area (Å²) in [7, 11) is 0. The number of hydrogen-bond acceptors (Lipinski definition) is 4. The van der Waals surface area contributed by atoms with Crippen molar-refractivity contribution in [1.29, 1.82) is 0 Å². The molecule has 0 unspecified atom stereocenters. The molecule has 19 heavy (non-hydrogen) atoms. The second-order valence-corrected chi connectivity index (χ2v) is 5.44. The average molecular weight is 272 g/mol. The third-order valence-corrected chi connectivity index (χ3v) is 3.75. The van der Waals surface area contributed by atoms with E-state index < -0.39 is 0 Å². The molecule has 0 aliphatic carbocycles. The van der Waals surface area contributed by atoms with Crippen molar-refractivity contribution < 1.29 is 9.21 Å². The summed E-state index contributed by atoms with van der Waals surface area (Å²) in [5.74, 6) is -0.206. The number of carbonyl (C=O) groups is 1. The van der Waals surface area contributed by atoms with Crippen LogP contribution < -0.4 is 5.32 Å². The van der Waals surface area contributed by atoms with Crippen molar-refractivity contribution in [2.24, 2.45) is 0 Å². The molecule has 0 aliphatic rings. The van der Waals surface area contributed by atoms with Crippen molar-refractivity contribution in [3.8, 4) is 0 Å². The van der Waals surface area contributed by atoms with Crippen molar-refractivity contribution >= 4 is 32.6 Å². The Morgan fingerprint density at radius 3 is 2.95 bits per heavy atom. The van der Waals surface area contributed by atoms with Gasteiger partial charge in [-0.3, -0.25) is 10.1 Å². The second-order valence-electron chi connectivity index (χ2n) is 4.41. The van der Waals surface area contributed by atoms with Crippen LogP contribution in [0, 0.1) is 13.8 Å². The first-order valence-corrected chi connectivity index (χ1v) is 6.66. The first-order chi connectivity index (χ1) is 9.13. The molecule has 1 N–H and O–H groups in total. The zero-order valence-electron chi connectivity index (χ0n) is 10.6. The van der Waals surface area contributed by atoms with E-state index in [2.05, 4.69) is 29.4 Å². The van der Waals surface area contributed by atoms with Gasteiger partial charge in [-0.05, 0) is 37.1 Å². The van der Waals surface area contributed by atoms with E-state index in [1.807, 2.05) is 6.92 Å². The van der Waals surface area contributed by atoms with Gasteiger partial charge >= 0.3 is 0 Å². The van der Waals surface area contributed by atoms with Crippen LogP contribution in [0.5, 0.6) is 0 Å².